The van der Waals surface area contributed by atoms with E-state index >= 15 is 0 Å². The number of ether oxygens (including phenoxy) is 1. The molecule has 2 aromatic heterocycles. The van der Waals surface area contributed by atoms with Gasteiger partial charge in [-0.1, -0.05) is 0 Å². The van der Waals surface area contributed by atoms with Crippen molar-refractivity contribution in [2.24, 2.45) is 7.05 Å². The molecule has 0 saturated carbocycles. The highest BCUT2D eigenvalue weighted by atomic mass is 32.1. The van der Waals surface area contributed by atoms with Crippen LogP contribution in [0.15, 0.2) is 65.6 Å². The SMILES string of the molecule is Cn1c(=S)[nH]c2cc(C(=O)NCc3ccnc(Oc4ccc(F)cc4)c3)ccc2c1=O. The molecule has 0 unspecified atom stereocenters. The fraction of sp³-hybridized carbons (Fsp3) is 0.0909. The van der Waals surface area contributed by atoms with Crippen LogP contribution in [0.5, 0.6) is 11.6 Å². The molecule has 0 aliphatic rings. The lowest BCUT2D eigenvalue weighted by Gasteiger charge is -2.09. The number of aromatic amines is 1. The molecule has 0 radical (unpaired) electrons. The topological polar surface area (TPSA) is 89.0 Å². The van der Waals surface area contributed by atoms with Gasteiger partial charge in [0.1, 0.15) is 11.6 Å². The minimum Gasteiger partial charge on any atom is -0.439 e. The standard InChI is InChI=1S/C22H17FN4O3S/c1-27-21(29)17-7-2-14(11-18(17)26-22(27)31)20(28)25-12-13-8-9-24-19(10-13)30-16-5-3-15(23)4-6-16/h2-11H,12H2,1H3,(H,25,28)(H,26,31). The van der Waals surface area contributed by atoms with Gasteiger partial charge in [-0.15, -0.1) is 0 Å². The summed E-state index contributed by atoms with van der Waals surface area (Å²) in [6.07, 6.45) is 1.56. The zero-order chi connectivity index (χ0) is 22.0. The van der Waals surface area contributed by atoms with Crippen LogP contribution in [0.4, 0.5) is 4.39 Å². The molecule has 0 saturated heterocycles. The van der Waals surface area contributed by atoms with E-state index in [1.807, 2.05) is 0 Å². The molecule has 1 amide bonds. The first-order valence-electron chi connectivity index (χ1n) is 9.30. The Kier molecular flexibility index (Phi) is 5.59. The zero-order valence-corrected chi connectivity index (χ0v) is 17.2. The number of carbonyl (C=O) groups is 1. The van der Waals surface area contributed by atoms with Crippen LogP contribution in [-0.4, -0.2) is 20.4 Å². The Balaban J connectivity index is 1.47. The number of hydrogen-bond acceptors (Lipinski definition) is 5. The average Bonchev–Trinajstić information content (AvgIpc) is 2.77. The quantitative estimate of drug-likeness (QED) is 0.464. The van der Waals surface area contributed by atoms with E-state index in [0.717, 1.165) is 5.56 Å². The third-order valence-corrected chi connectivity index (χ3v) is 5.03. The molecule has 0 aliphatic heterocycles. The Morgan fingerprint density at radius 1 is 1.19 bits per heavy atom. The number of carbonyl (C=O) groups excluding carboxylic acids is 1. The van der Waals surface area contributed by atoms with Gasteiger partial charge in [0, 0.05) is 31.4 Å². The molecule has 2 aromatic carbocycles. The van der Waals surface area contributed by atoms with Gasteiger partial charge < -0.3 is 15.0 Å². The van der Waals surface area contributed by atoms with Gasteiger partial charge in [0.2, 0.25) is 5.88 Å². The highest BCUT2D eigenvalue weighted by molar-refractivity contribution is 7.71. The van der Waals surface area contributed by atoms with Crippen LogP contribution in [0.25, 0.3) is 10.9 Å². The van der Waals surface area contributed by atoms with Gasteiger partial charge in [-0.05, 0) is 66.3 Å². The molecule has 31 heavy (non-hydrogen) atoms. The van der Waals surface area contributed by atoms with Gasteiger partial charge in [-0.25, -0.2) is 9.37 Å². The van der Waals surface area contributed by atoms with Gasteiger partial charge in [-0.3, -0.25) is 14.2 Å². The summed E-state index contributed by atoms with van der Waals surface area (Å²) in [4.78, 5) is 31.9. The first-order chi connectivity index (χ1) is 14.9. The maximum Gasteiger partial charge on any atom is 0.261 e. The summed E-state index contributed by atoms with van der Waals surface area (Å²) in [5.41, 5.74) is 1.44. The minimum atomic E-state index is -0.354. The molecule has 0 spiro atoms. The molecule has 2 heterocycles. The number of benzene rings is 2. The number of H-pyrrole nitrogens is 1. The van der Waals surface area contributed by atoms with Crippen molar-refractivity contribution in [3.05, 3.63) is 92.9 Å². The predicted octanol–water partition coefficient (Wildman–Crippen LogP) is 3.85. The second kappa shape index (κ2) is 8.49. The van der Waals surface area contributed by atoms with Crippen molar-refractivity contribution >= 4 is 29.0 Å². The van der Waals surface area contributed by atoms with Gasteiger partial charge in [0.05, 0.1) is 10.9 Å². The van der Waals surface area contributed by atoms with Gasteiger partial charge >= 0.3 is 0 Å². The summed E-state index contributed by atoms with van der Waals surface area (Å²) < 4.78 is 20.2. The van der Waals surface area contributed by atoms with Crippen LogP contribution in [0.1, 0.15) is 15.9 Å². The average molecular weight is 436 g/mol. The molecular formula is C22H17FN4O3S. The van der Waals surface area contributed by atoms with Crippen LogP contribution >= 0.6 is 12.2 Å². The number of nitrogens with one attached hydrogen (secondary N) is 2. The number of rotatable bonds is 5. The second-order valence-corrected chi connectivity index (χ2v) is 7.18. The first-order valence-corrected chi connectivity index (χ1v) is 9.71. The van der Waals surface area contributed by atoms with Crippen LogP contribution in [0.2, 0.25) is 0 Å². The number of amides is 1. The van der Waals surface area contributed by atoms with Crippen molar-refractivity contribution in [2.45, 2.75) is 6.54 Å². The minimum absolute atomic E-state index is 0.226. The van der Waals surface area contributed by atoms with Crippen molar-refractivity contribution in [1.29, 1.82) is 0 Å². The van der Waals surface area contributed by atoms with Crippen molar-refractivity contribution in [1.82, 2.24) is 19.9 Å². The molecule has 4 rings (SSSR count). The van der Waals surface area contributed by atoms with Crippen molar-refractivity contribution in [2.75, 3.05) is 0 Å². The summed E-state index contributed by atoms with van der Waals surface area (Å²) in [5, 5.41) is 3.27. The fourth-order valence-corrected chi connectivity index (χ4v) is 3.16. The molecule has 7 nitrogen and oxygen atoms in total. The van der Waals surface area contributed by atoms with E-state index in [4.69, 9.17) is 17.0 Å². The summed E-state index contributed by atoms with van der Waals surface area (Å²) in [6.45, 7) is 0.242. The molecule has 2 N–H and O–H groups in total. The predicted molar refractivity (Wildman–Crippen MR) is 116 cm³/mol. The van der Waals surface area contributed by atoms with E-state index in [1.165, 1.54) is 28.8 Å². The van der Waals surface area contributed by atoms with Crippen molar-refractivity contribution < 1.29 is 13.9 Å². The molecule has 0 aliphatic carbocycles. The Hall–Kier alpha value is -3.85. The Morgan fingerprint density at radius 2 is 1.97 bits per heavy atom. The lowest BCUT2D eigenvalue weighted by molar-refractivity contribution is 0.0951. The second-order valence-electron chi connectivity index (χ2n) is 6.80. The zero-order valence-electron chi connectivity index (χ0n) is 16.4. The molecule has 9 heteroatoms. The number of hydrogen-bond donors (Lipinski definition) is 2. The highest BCUT2D eigenvalue weighted by Crippen LogP contribution is 2.20. The third-order valence-electron chi connectivity index (χ3n) is 4.65. The number of pyridine rings is 1. The van der Waals surface area contributed by atoms with E-state index in [2.05, 4.69) is 15.3 Å². The maximum absolute atomic E-state index is 13.0. The smallest absolute Gasteiger partial charge is 0.261 e. The first kappa shape index (κ1) is 20.4. The normalized spacial score (nSPS) is 10.8. The monoisotopic (exact) mass is 436 g/mol. The Labute approximate surface area is 181 Å². The molecular weight excluding hydrogens is 419 g/mol. The van der Waals surface area contributed by atoms with Crippen LogP contribution in [0, 0.1) is 10.6 Å². The van der Waals surface area contributed by atoms with Crippen LogP contribution in [-0.2, 0) is 13.6 Å². The third kappa shape index (κ3) is 4.51. The van der Waals surface area contributed by atoms with Gasteiger partial charge in [0.25, 0.3) is 11.5 Å². The lowest BCUT2D eigenvalue weighted by Crippen LogP contribution is -2.23. The largest absolute Gasteiger partial charge is 0.439 e. The Morgan fingerprint density at radius 3 is 2.74 bits per heavy atom. The summed E-state index contributed by atoms with van der Waals surface area (Å²) in [5.74, 6) is 0.120. The van der Waals surface area contributed by atoms with Crippen LogP contribution in [0.3, 0.4) is 0 Å². The van der Waals surface area contributed by atoms with Gasteiger partial charge in [0.15, 0.2) is 4.77 Å². The molecule has 0 bridgehead atoms. The van der Waals surface area contributed by atoms with E-state index in [-0.39, 0.29) is 28.6 Å². The van der Waals surface area contributed by atoms with E-state index in [0.29, 0.717) is 28.1 Å². The van der Waals surface area contributed by atoms with Gasteiger partial charge in [-0.2, -0.15) is 0 Å². The highest BCUT2D eigenvalue weighted by Gasteiger charge is 2.10. The number of aromatic nitrogens is 3. The number of nitrogens with zero attached hydrogens (tertiary/aromatic N) is 2. The van der Waals surface area contributed by atoms with E-state index in [1.54, 1.807) is 43.6 Å². The van der Waals surface area contributed by atoms with Crippen molar-refractivity contribution in [3.8, 4) is 11.6 Å². The number of halogens is 1. The lowest BCUT2D eigenvalue weighted by atomic mass is 10.1. The summed E-state index contributed by atoms with van der Waals surface area (Å²) in [7, 11) is 1.59. The van der Waals surface area contributed by atoms with Crippen LogP contribution < -0.4 is 15.6 Å². The van der Waals surface area contributed by atoms with Crippen molar-refractivity contribution in [3.63, 3.8) is 0 Å². The number of fused-ring (bicyclic) bond motifs is 1. The van der Waals surface area contributed by atoms with E-state index < -0.39 is 0 Å². The molecule has 4 aromatic rings. The van der Waals surface area contributed by atoms with E-state index in [9.17, 15) is 14.0 Å². The molecule has 156 valence electrons. The summed E-state index contributed by atoms with van der Waals surface area (Å²) in [6, 6.07) is 13.8. The fourth-order valence-electron chi connectivity index (χ4n) is 2.97. The Bertz CT molecular complexity index is 1400. The summed E-state index contributed by atoms with van der Waals surface area (Å²) >= 11 is 5.13. The molecule has 0 atom stereocenters. The maximum atomic E-state index is 13.0. The molecule has 0 fully saturated rings.